The maximum absolute atomic E-state index is 10.9. The van der Waals surface area contributed by atoms with Crippen LogP contribution in [0.4, 0.5) is 0 Å². The zero-order valence-electron chi connectivity index (χ0n) is 7.43. The quantitative estimate of drug-likeness (QED) is 0.477. The van der Waals surface area contributed by atoms with Crippen molar-refractivity contribution in [2.24, 2.45) is 5.73 Å². The van der Waals surface area contributed by atoms with Gasteiger partial charge in [0.05, 0.1) is 6.10 Å². The van der Waals surface area contributed by atoms with Crippen molar-refractivity contribution < 1.29 is 24.5 Å². The molecular weight excluding hydrogens is 178 g/mol. The number of rotatable bonds is 4. The second kappa shape index (κ2) is 4.78. The minimum absolute atomic E-state index is 0.389. The number of aliphatic carboxylic acids is 1. The van der Waals surface area contributed by atoms with Crippen molar-refractivity contribution in [1.82, 2.24) is 0 Å². The van der Waals surface area contributed by atoms with E-state index in [1.54, 1.807) is 13.8 Å². The average molecular weight is 191 g/mol. The number of carboxylic acid groups (broad SMARTS) is 1. The first-order chi connectivity index (χ1) is 5.86. The summed E-state index contributed by atoms with van der Waals surface area (Å²) >= 11 is 0. The molecule has 0 radical (unpaired) electrons. The molecule has 0 spiro atoms. The molecule has 0 aromatic rings. The van der Waals surface area contributed by atoms with E-state index in [0.717, 1.165) is 0 Å². The molecule has 13 heavy (non-hydrogen) atoms. The molecule has 0 heterocycles. The van der Waals surface area contributed by atoms with Gasteiger partial charge in [-0.15, -0.1) is 0 Å². The van der Waals surface area contributed by atoms with Crippen molar-refractivity contribution in [2.45, 2.75) is 32.1 Å². The van der Waals surface area contributed by atoms with Crippen LogP contribution < -0.4 is 5.73 Å². The van der Waals surface area contributed by atoms with Gasteiger partial charge >= 0.3 is 11.9 Å². The van der Waals surface area contributed by atoms with Gasteiger partial charge in [-0.25, -0.2) is 4.79 Å². The summed E-state index contributed by atoms with van der Waals surface area (Å²) in [6.07, 6.45) is -2.31. The van der Waals surface area contributed by atoms with E-state index in [2.05, 4.69) is 4.74 Å². The Morgan fingerprint density at radius 2 is 1.85 bits per heavy atom. The van der Waals surface area contributed by atoms with E-state index in [-0.39, 0.29) is 6.10 Å². The molecule has 0 rings (SSSR count). The lowest BCUT2D eigenvalue weighted by Gasteiger charge is -2.15. The molecule has 0 aliphatic heterocycles. The molecule has 0 aliphatic rings. The third-order valence-electron chi connectivity index (χ3n) is 1.22. The van der Waals surface area contributed by atoms with Crippen LogP contribution in [0.5, 0.6) is 0 Å². The first-order valence-electron chi connectivity index (χ1n) is 3.73. The molecule has 1 unspecified atom stereocenters. The van der Waals surface area contributed by atoms with Crippen molar-refractivity contribution >= 4 is 11.9 Å². The highest BCUT2D eigenvalue weighted by atomic mass is 16.5. The van der Waals surface area contributed by atoms with E-state index in [1.807, 2.05) is 0 Å². The smallest absolute Gasteiger partial charge is 0.334 e. The fraction of sp³-hybridized carbons (Fsp3) is 0.714. The number of ether oxygens (including phenoxy) is 1. The van der Waals surface area contributed by atoms with E-state index >= 15 is 0 Å². The van der Waals surface area contributed by atoms with Gasteiger partial charge in [0.2, 0.25) is 0 Å². The van der Waals surface area contributed by atoms with Crippen molar-refractivity contribution in [3.63, 3.8) is 0 Å². The predicted octanol–water partition coefficient (Wildman–Crippen LogP) is -1.29. The van der Waals surface area contributed by atoms with Gasteiger partial charge in [0.1, 0.15) is 6.04 Å². The first kappa shape index (κ1) is 11.9. The largest absolute Gasteiger partial charge is 0.479 e. The number of carbonyl (C=O) groups excluding carboxylic acids is 1. The molecule has 6 heteroatoms. The molecule has 6 nitrogen and oxygen atoms in total. The number of hydrogen-bond donors (Lipinski definition) is 3. The molecule has 4 N–H and O–H groups in total. The van der Waals surface area contributed by atoms with E-state index in [9.17, 15) is 9.59 Å². The van der Waals surface area contributed by atoms with Gasteiger partial charge in [-0.1, -0.05) is 0 Å². The Morgan fingerprint density at radius 3 is 2.15 bits per heavy atom. The molecule has 0 amide bonds. The number of carbonyl (C=O) groups is 2. The van der Waals surface area contributed by atoms with Crippen LogP contribution >= 0.6 is 0 Å². The Hall–Kier alpha value is -1.14. The van der Waals surface area contributed by atoms with Crippen LogP contribution in [0.25, 0.3) is 0 Å². The van der Waals surface area contributed by atoms with Crippen molar-refractivity contribution in [2.75, 3.05) is 0 Å². The fourth-order valence-electron chi connectivity index (χ4n) is 0.593. The molecule has 76 valence electrons. The van der Waals surface area contributed by atoms with Gasteiger partial charge in [0.25, 0.3) is 0 Å². The van der Waals surface area contributed by atoms with Crippen molar-refractivity contribution in [1.29, 1.82) is 0 Å². The summed E-state index contributed by atoms with van der Waals surface area (Å²) < 4.78 is 4.60. The van der Waals surface area contributed by atoms with E-state index < -0.39 is 24.1 Å². The third-order valence-corrected chi connectivity index (χ3v) is 1.22. The topological polar surface area (TPSA) is 110 Å². The standard InChI is InChI=1S/C7H13NO5/c1-3(2)13-7(12)4(8)5(9)6(10)11/h3-5,9H,8H2,1-2H3,(H,10,11)/t4-,5?/m0/s1. The summed E-state index contributed by atoms with van der Waals surface area (Å²) in [5.74, 6) is -2.47. The van der Waals surface area contributed by atoms with Crippen LogP contribution in [-0.2, 0) is 14.3 Å². The summed E-state index contributed by atoms with van der Waals surface area (Å²) in [4.78, 5) is 21.1. The molecule has 0 aromatic carbocycles. The molecule has 2 atom stereocenters. The molecule has 0 saturated heterocycles. The highest BCUT2D eigenvalue weighted by molar-refractivity contribution is 5.85. The third kappa shape index (κ3) is 3.86. The van der Waals surface area contributed by atoms with Crippen LogP contribution in [0, 0.1) is 0 Å². The normalized spacial score (nSPS) is 15.2. The van der Waals surface area contributed by atoms with Gasteiger partial charge in [-0.2, -0.15) is 0 Å². The summed E-state index contributed by atoms with van der Waals surface area (Å²) in [5, 5.41) is 17.2. The summed E-state index contributed by atoms with van der Waals surface area (Å²) in [6.45, 7) is 3.19. The van der Waals surface area contributed by atoms with Crippen LogP contribution in [0.2, 0.25) is 0 Å². The second-order valence-corrected chi connectivity index (χ2v) is 2.79. The Labute approximate surface area is 75.3 Å². The SMILES string of the molecule is CC(C)OC(=O)[C@@H](N)C(O)C(=O)O. The number of aliphatic hydroxyl groups excluding tert-OH is 1. The van der Waals surface area contributed by atoms with Crippen LogP contribution in [-0.4, -0.2) is 40.4 Å². The van der Waals surface area contributed by atoms with Crippen LogP contribution in [0.1, 0.15) is 13.8 Å². The number of esters is 1. The van der Waals surface area contributed by atoms with E-state index in [1.165, 1.54) is 0 Å². The number of hydrogen-bond acceptors (Lipinski definition) is 5. The summed E-state index contributed by atoms with van der Waals surface area (Å²) in [6, 6.07) is -1.54. The van der Waals surface area contributed by atoms with Gasteiger partial charge < -0.3 is 20.7 Å². The highest BCUT2D eigenvalue weighted by Crippen LogP contribution is 1.97. The zero-order valence-corrected chi connectivity index (χ0v) is 7.43. The van der Waals surface area contributed by atoms with E-state index in [4.69, 9.17) is 15.9 Å². The Kier molecular flexibility index (Phi) is 4.36. The molecule has 0 aliphatic carbocycles. The molecular formula is C7H13NO5. The second-order valence-electron chi connectivity index (χ2n) is 2.79. The van der Waals surface area contributed by atoms with Crippen molar-refractivity contribution in [3.8, 4) is 0 Å². The Bertz CT molecular complexity index is 203. The van der Waals surface area contributed by atoms with Gasteiger partial charge in [-0.05, 0) is 13.8 Å². The lowest BCUT2D eigenvalue weighted by molar-refractivity contribution is -0.160. The number of aliphatic hydroxyl groups is 1. The molecule has 0 fully saturated rings. The number of carboxylic acids is 1. The van der Waals surface area contributed by atoms with Crippen molar-refractivity contribution in [3.05, 3.63) is 0 Å². The lowest BCUT2D eigenvalue weighted by atomic mass is 10.2. The molecule has 0 aromatic heterocycles. The van der Waals surface area contributed by atoms with Crippen LogP contribution in [0.15, 0.2) is 0 Å². The predicted molar refractivity (Wildman–Crippen MR) is 42.8 cm³/mol. The average Bonchev–Trinajstić information content (AvgIpc) is 2.00. The first-order valence-corrected chi connectivity index (χ1v) is 3.73. The Morgan fingerprint density at radius 1 is 1.38 bits per heavy atom. The van der Waals surface area contributed by atoms with Gasteiger partial charge in [0.15, 0.2) is 6.10 Å². The minimum Gasteiger partial charge on any atom is -0.479 e. The van der Waals surface area contributed by atoms with Gasteiger partial charge in [-0.3, -0.25) is 4.79 Å². The minimum atomic E-state index is -1.92. The maximum Gasteiger partial charge on any atom is 0.334 e. The highest BCUT2D eigenvalue weighted by Gasteiger charge is 2.30. The monoisotopic (exact) mass is 191 g/mol. The summed E-state index contributed by atoms with van der Waals surface area (Å²) in [7, 11) is 0. The molecule has 0 saturated carbocycles. The Balaban J connectivity index is 4.17. The lowest BCUT2D eigenvalue weighted by Crippen LogP contribution is -2.47. The van der Waals surface area contributed by atoms with Gasteiger partial charge in [0, 0.05) is 0 Å². The molecule has 0 bridgehead atoms. The summed E-state index contributed by atoms with van der Waals surface area (Å²) in [5.41, 5.74) is 5.10. The van der Waals surface area contributed by atoms with Crippen LogP contribution in [0.3, 0.4) is 0 Å². The van der Waals surface area contributed by atoms with E-state index in [0.29, 0.717) is 0 Å². The fourth-order valence-corrected chi connectivity index (χ4v) is 0.593. The maximum atomic E-state index is 10.9. The number of nitrogens with two attached hydrogens (primary N) is 1. The zero-order chi connectivity index (χ0) is 10.6.